The van der Waals surface area contributed by atoms with Gasteiger partial charge in [-0.25, -0.2) is 0 Å². The van der Waals surface area contributed by atoms with Crippen molar-refractivity contribution in [1.29, 1.82) is 0 Å². The fraction of sp³-hybridized carbons (Fsp3) is 0.100. The summed E-state index contributed by atoms with van der Waals surface area (Å²) in [5, 5.41) is 0. The summed E-state index contributed by atoms with van der Waals surface area (Å²) in [5.41, 5.74) is 2.24. The van der Waals surface area contributed by atoms with Gasteiger partial charge < -0.3 is 0 Å². The minimum Gasteiger partial charge on any atom is -0.264 e. The van der Waals surface area contributed by atoms with Crippen molar-refractivity contribution in [3.63, 3.8) is 0 Å². The largest absolute Gasteiger partial charge is 0.264 e. The first kappa shape index (κ1) is 7.73. The summed E-state index contributed by atoms with van der Waals surface area (Å²) < 4.78 is 0. The standard InChI is InChI=1S/C10H11N/c1-3-9(4-2)10-6-5-7-11-8-10/h3-8H,1H2,2H3/b9-4+. The van der Waals surface area contributed by atoms with Gasteiger partial charge in [-0.3, -0.25) is 4.98 Å². The Bertz CT molecular complexity index is 259. The van der Waals surface area contributed by atoms with E-state index in [1.54, 1.807) is 6.20 Å². The van der Waals surface area contributed by atoms with E-state index in [1.165, 1.54) is 0 Å². The molecule has 0 atom stereocenters. The van der Waals surface area contributed by atoms with Crippen LogP contribution in [-0.4, -0.2) is 4.98 Å². The minimum absolute atomic E-state index is 1.12. The van der Waals surface area contributed by atoms with E-state index in [0.29, 0.717) is 0 Å². The van der Waals surface area contributed by atoms with Crippen molar-refractivity contribution in [3.05, 3.63) is 48.8 Å². The van der Waals surface area contributed by atoms with E-state index < -0.39 is 0 Å². The van der Waals surface area contributed by atoms with Crippen molar-refractivity contribution in [1.82, 2.24) is 4.98 Å². The zero-order valence-corrected chi connectivity index (χ0v) is 6.62. The van der Waals surface area contributed by atoms with Crippen LogP contribution in [0.2, 0.25) is 0 Å². The van der Waals surface area contributed by atoms with Gasteiger partial charge in [0.1, 0.15) is 0 Å². The summed E-state index contributed by atoms with van der Waals surface area (Å²) in [7, 11) is 0. The molecule has 0 aliphatic heterocycles. The topological polar surface area (TPSA) is 12.9 Å². The van der Waals surface area contributed by atoms with Crippen molar-refractivity contribution in [2.24, 2.45) is 0 Å². The SMILES string of the molecule is C=C/C(=C\C)c1cccnc1. The molecule has 0 aliphatic rings. The highest BCUT2D eigenvalue weighted by Crippen LogP contribution is 2.12. The molecule has 0 radical (unpaired) electrons. The molecule has 1 heteroatoms. The predicted molar refractivity (Wildman–Crippen MR) is 48.1 cm³/mol. The first-order valence-electron chi connectivity index (χ1n) is 3.57. The lowest BCUT2D eigenvalue weighted by Gasteiger charge is -1.97. The van der Waals surface area contributed by atoms with Crippen molar-refractivity contribution >= 4 is 5.57 Å². The molecule has 1 heterocycles. The van der Waals surface area contributed by atoms with Crippen LogP contribution in [0.25, 0.3) is 5.57 Å². The summed E-state index contributed by atoms with van der Waals surface area (Å²) in [5.74, 6) is 0. The first-order chi connectivity index (χ1) is 5.38. The van der Waals surface area contributed by atoms with E-state index in [2.05, 4.69) is 11.6 Å². The fourth-order valence-corrected chi connectivity index (χ4v) is 0.936. The lowest BCUT2D eigenvalue weighted by atomic mass is 10.1. The monoisotopic (exact) mass is 145 g/mol. The summed E-state index contributed by atoms with van der Waals surface area (Å²) in [6.45, 7) is 5.70. The maximum atomic E-state index is 4.01. The van der Waals surface area contributed by atoms with Crippen molar-refractivity contribution in [2.75, 3.05) is 0 Å². The molecule has 0 bridgehead atoms. The van der Waals surface area contributed by atoms with E-state index >= 15 is 0 Å². The van der Waals surface area contributed by atoms with Crippen LogP contribution in [0.3, 0.4) is 0 Å². The Kier molecular flexibility index (Phi) is 2.61. The van der Waals surface area contributed by atoms with Crippen molar-refractivity contribution in [2.45, 2.75) is 6.92 Å². The highest BCUT2D eigenvalue weighted by molar-refractivity contribution is 5.72. The molecule has 0 amide bonds. The van der Waals surface area contributed by atoms with Crippen LogP contribution in [0, 0.1) is 0 Å². The second kappa shape index (κ2) is 3.71. The number of rotatable bonds is 2. The second-order valence-electron chi connectivity index (χ2n) is 2.19. The average molecular weight is 145 g/mol. The smallest absolute Gasteiger partial charge is 0.0346 e. The van der Waals surface area contributed by atoms with E-state index in [4.69, 9.17) is 0 Å². The van der Waals surface area contributed by atoms with E-state index in [0.717, 1.165) is 11.1 Å². The molecule has 0 saturated carbocycles. The summed E-state index contributed by atoms with van der Waals surface area (Å²) in [6, 6.07) is 3.94. The lowest BCUT2D eigenvalue weighted by Crippen LogP contribution is -1.80. The number of aromatic nitrogens is 1. The first-order valence-corrected chi connectivity index (χ1v) is 3.57. The van der Waals surface area contributed by atoms with Crippen LogP contribution in [0.5, 0.6) is 0 Å². The highest BCUT2D eigenvalue weighted by Gasteiger charge is 1.92. The van der Waals surface area contributed by atoms with Gasteiger partial charge >= 0.3 is 0 Å². The fourth-order valence-electron chi connectivity index (χ4n) is 0.936. The van der Waals surface area contributed by atoms with Gasteiger partial charge in [-0.15, -0.1) is 0 Å². The third-order valence-corrected chi connectivity index (χ3v) is 1.53. The van der Waals surface area contributed by atoms with Gasteiger partial charge in [-0.05, 0) is 24.1 Å². The van der Waals surface area contributed by atoms with Crippen LogP contribution in [0.1, 0.15) is 12.5 Å². The zero-order valence-electron chi connectivity index (χ0n) is 6.62. The van der Waals surface area contributed by atoms with Gasteiger partial charge in [0.15, 0.2) is 0 Å². The maximum Gasteiger partial charge on any atom is 0.0346 e. The average Bonchev–Trinajstić information content (AvgIpc) is 2.09. The molecule has 1 aromatic rings. The Hall–Kier alpha value is -1.37. The van der Waals surface area contributed by atoms with Crippen molar-refractivity contribution in [3.8, 4) is 0 Å². The minimum atomic E-state index is 1.12. The van der Waals surface area contributed by atoms with Gasteiger partial charge in [0.05, 0.1) is 0 Å². The molecule has 1 nitrogen and oxygen atoms in total. The normalized spacial score (nSPS) is 11.2. The Balaban J connectivity index is 3.01. The predicted octanol–water partition coefficient (Wildman–Crippen LogP) is 2.67. The number of hydrogen-bond donors (Lipinski definition) is 0. The third kappa shape index (κ3) is 1.77. The quantitative estimate of drug-likeness (QED) is 0.583. The Morgan fingerprint density at radius 1 is 1.64 bits per heavy atom. The summed E-state index contributed by atoms with van der Waals surface area (Å²) in [6.07, 6.45) is 7.44. The Morgan fingerprint density at radius 2 is 2.45 bits per heavy atom. The van der Waals surface area contributed by atoms with Gasteiger partial charge in [0.25, 0.3) is 0 Å². The highest BCUT2D eigenvalue weighted by atomic mass is 14.6. The molecule has 1 rings (SSSR count). The number of allylic oxidation sites excluding steroid dienone is 3. The molecular weight excluding hydrogens is 134 g/mol. The molecule has 0 spiro atoms. The lowest BCUT2D eigenvalue weighted by molar-refractivity contribution is 1.31. The molecule has 56 valence electrons. The summed E-state index contributed by atoms with van der Waals surface area (Å²) in [4.78, 5) is 4.01. The van der Waals surface area contributed by atoms with Crippen LogP contribution in [0.15, 0.2) is 43.3 Å². The molecule has 0 aromatic carbocycles. The van der Waals surface area contributed by atoms with Crippen LogP contribution >= 0.6 is 0 Å². The number of nitrogens with zero attached hydrogens (tertiary/aromatic N) is 1. The van der Waals surface area contributed by atoms with Gasteiger partial charge in [-0.1, -0.05) is 24.8 Å². The molecule has 0 fully saturated rings. The zero-order chi connectivity index (χ0) is 8.10. The molecule has 0 saturated heterocycles. The van der Waals surface area contributed by atoms with Gasteiger partial charge in [0.2, 0.25) is 0 Å². The molecule has 0 unspecified atom stereocenters. The van der Waals surface area contributed by atoms with Crippen molar-refractivity contribution < 1.29 is 0 Å². The van der Waals surface area contributed by atoms with Gasteiger partial charge in [-0.2, -0.15) is 0 Å². The second-order valence-corrected chi connectivity index (χ2v) is 2.19. The van der Waals surface area contributed by atoms with E-state index in [1.807, 2.05) is 37.4 Å². The third-order valence-electron chi connectivity index (χ3n) is 1.53. The molecule has 11 heavy (non-hydrogen) atoms. The summed E-state index contributed by atoms with van der Waals surface area (Å²) >= 11 is 0. The van der Waals surface area contributed by atoms with Crippen LogP contribution < -0.4 is 0 Å². The molecular formula is C10H11N. The molecule has 0 N–H and O–H groups in total. The van der Waals surface area contributed by atoms with E-state index in [9.17, 15) is 0 Å². The van der Waals surface area contributed by atoms with Gasteiger partial charge in [0, 0.05) is 12.4 Å². The number of pyridine rings is 1. The molecule has 1 aromatic heterocycles. The molecule has 0 aliphatic carbocycles. The van der Waals surface area contributed by atoms with E-state index in [-0.39, 0.29) is 0 Å². The number of hydrogen-bond acceptors (Lipinski definition) is 1. The van der Waals surface area contributed by atoms with Crippen LogP contribution in [0.4, 0.5) is 0 Å². The Morgan fingerprint density at radius 3 is 2.91 bits per heavy atom. The van der Waals surface area contributed by atoms with Crippen LogP contribution in [-0.2, 0) is 0 Å². The maximum absolute atomic E-state index is 4.01. The Labute approximate surface area is 67.1 Å².